The molecule has 94 valence electrons. The third kappa shape index (κ3) is 5.08. The number of hydrogen-bond donors (Lipinski definition) is 1. The molecule has 0 aromatic heterocycles. The number of esters is 1. The maximum atomic E-state index is 12.8. The van der Waals surface area contributed by atoms with Gasteiger partial charge in [0.2, 0.25) is 0 Å². The van der Waals surface area contributed by atoms with Gasteiger partial charge in [0.25, 0.3) is 0 Å². The number of hydrogen-bond acceptors (Lipinski definition) is 4. The highest BCUT2D eigenvalue weighted by Crippen LogP contribution is 2.26. The minimum atomic E-state index is -0.494. The number of anilines is 1. The topological polar surface area (TPSA) is 52.3 Å². The van der Waals surface area contributed by atoms with Crippen LogP contribution in [0.1, 0.15) is 20.8 Å². The highest BCUT2D eigenvalue weighted by molar-refractivity contribution is 8.00. The van der Waals surface area contributed by atoms with E-state index >= 15 is 0 Å². The average molecular weight is 257 g/mol. The smallest absolute Gasteiger partial charge is 0.316 e. The SMILES string of the molecule is CC(C)(C)OC(=O)CSc1ccc(F)cc1N. The first-order valence-corrected chi connectivity index (χ1v) is 6.16. The van der Waals surface area contributed by atoms with Gasteiger partial charge in [-0.2, -0.15) is 0 Å². The summed E-state index contributed by atoms with van der Waals surface area (Å²) >= 11 is 1.24. The van der Waals surface area contributed by atoms with Gasteiger partial charge in [-0.1, -0.05) is 0 Å². The molecule has 1 aromatic rings. The van der Waals surface area contributed by atoms with E-state index in [0.29, 0.717) is 10.6 Å². The van der Waals surface area contributed by atoms with Gasteiger partial charge in [-0.25, -0.2) is 4.39 Å². The van der Waals surface area contributed by atoms with Crippen LogP contribution in [0.5, 0.6) is 0 Å². The largest absolute Gasteiger partial charge is 0.459 e. The number of ether oxygens (including phenoxy) is 1. The standard InChI is InChI=1S/C12H16FNO2S/c1-12(2,3)16-11(15)7-17-10-5-4-8(13)6-9(10)14/h4-6H,7,14H2,1-3H3. The number of nitrogen functional groups attached to an aromatic ring is 1. The molecule has 5 heteroatoms. The summed E-state index contributed by atoms with van der Waals surface area (Å²) in [5.74, 6) is -0.539. The summed E-state index contributed by atoms with van der Waals surface area (Å²) in [5.41, 5.74) is 5.46. The summed E-state index contributed by atoms with van der Waals surface area (Å²) in [6.07, 6.45) is 0. The molecule has 17 heavy (non-hydrogen) atoms. The number of carbonyl (C=O) groups excluding carboxylic acids is 1. The van der Waals surface area contributed by atoms with Gasteiger partial charge in [-0.3, -0.25) is 4.79 Å². The number of thioether (sulfide) groups is 1. The van der Waals surface area contributed by atoms with Crippen molar-refractivity contribution >= 4 is 23.4 Å². The highest BCUT2D eigenvalue weighted by atomic mass is 32.2. The molecule has 1 aromatic carbocycles. The predicted molar refractivity (Wildman–Crippen MR) is 67.4 cm³/mol. The quantitative estimate of drug-likeness (QED) is 0.514. The average Bonchev–Trinajstić information content (AvgIpc) is 2.13. The van der Waals surface area contributed by atoms with Crippen molar-refractivity contribution in [3.05, 3.63) is 24.0 Å². The van der Waals surface area contributed by atoms with Gasteiger partial charge in [-0.15, -0.1) is 11.8 Å². The number of rotatable bonds is 3. The van der Waals surface area contributed by atoms with Gasteiger partial charge in [0, 0.05) is 10.6 Å². The second-order valence-corrected chi connectivity index (χ2v) is 5.57. The molecule has 0 radical (unpaired) electrons. The molecule has 0 saturated heterocycles. The van der Waals surface area contributed by atoms with E-state index in [1.54, 1.807) is 6.07 Å². The Morgan fingerprint density at radius 2 is 2.12 bits per heavy atom. The van der Waals surface area contributed by atoms with Crippen molar-refractivity contribution in [2.45, 2.75) is 31.3 Å². The fraction of sp³-hybridized carbons (Fsp3) is 0.417. The number of carbonyl (C=O) groups is 1. The maximum absolute atomic E-state index is 12.8. The Kier molecular flexibility index (Phi) is 4.40. The minimum Gasteiger partial charge on any atom is -0.459 e. The van der Waals surface area contributed by atoms with Crippen molar-refractivity contribution in [1.29, 1.82) is 0 Å². The predicted octanol–water partition coefficient (Wildman–Crippen LogP) is 2.84. The van der Waals surface area contributed by atoms with Gasteiger partial charge < -0.3 is 10.5 Å². The first-order chi connectivity index (χ1) is 7.78. The lowest BCUT2D eigenvalue weighted by atomic mass is 10.2. The Labute approximate surface area is 105 Å². The summed E-state index contributed by atoms with van der Waals surface area (Å²) in [7, 11) is 0. The molecule has 0 heterocycles. The summed E-state index contributed by atoms with van der Waals surface area (Å²) in [6.45, 7) is 5.42. The van der Waals surface area contributed by atoms with E-state index in [4.69, 9.17) is 10.5 Å². The molecule has 0 saturated carbocycles. The molecule has 0 bridgehead atoms. The van der Waals surface area contributed by atoms with Crippen LogP contribution in [0, 0.1) is 5.82 Å². The van der Waals surface area contributed by atoms with Gasteiger partial charge in [0.15, 0.2) is 0 Å². The number of benzene rings is 1. The van der Waals surface area contributed by atoms with E-state index < -0.39 is 5.60 Å². The summed E-state index contributed by atoms with van der Waals surface area (Å²) < 4.78 is 17.9. The van der Waals surface area contributed by atoms with Gasteiger partial charge in [0.1, 0.15) is 11.4 Å². The van der Waals surface area contributed by atoms with Crippen molar-refractivity contribution < 1.29 is 13.9 Å². The molecule has 3 nitrogen and oxygen atoms in total. The molecular weight excluding hydrogens is 241 g/mol. The van der Waals surface area contributed by atoms with Crippen LogP contribution < -0.4 is 5.73 Å². The lowest BCUT2D eigenvalue weighted by molar-refractivity contribution is -0.151. The Morgan fingerprint density at radius 3 is 2.65 bits per heavy atom. The highest BCUT2D eigenvalue weighted by Gasteiger charge is 2.16. The molecule has 0 aliphatic carbocycles. The lowest BCUT2D eigenvalue weighted by Gasteiger charge is -2.19. The summed E-state index contributed by atoms with van der Waals surface area (Å²) in [6, 6.07) is 4.10. The summed E-state index contributed by atoms with van der Waals surface area (Å²) in [4.78, 5) is 12.1. The van der Waals surface area contributed by atoms with Crippen molar-refractivity contribution in [2.75, 3.05) is 11.5 Å². The van der Waals surface area contributed by atoms with Crippen LogP contribution in [-0.2, 0) is 9.53 Å². The zero-order chi connectivity index (χ0) is 13.1. The molecule has 0 atom stereocenters. The van der Waals surface area contributed by atoms with E-state index in [1.807, 2.05) is 20.8 Å². The van der Waals surface area contributed by atoms with Crippen molar-refractivity contribution in [3.63, 3.8) is 0 Å². The minimum absolute atomic E-state index is 0.160. The van der Waals surface area contributed by atoms with E-state index in [-0.39, 0.29) is 17.5 Å². The van der Waals surface area contributed by atoms with Crippen LogP contribution in [-0.4, -0.2) is 17.3 Å². The van der Waals surface area contributed by atoms with Crippen LogP contribution in [0.25, 0.3) is 0 Å². The summed E-state index contributed by atoms with van der Waals surface area (Å²) in [5, 5.41) is 0. The number of halogens is 1. The maximum Gasteiger partial charge on any atom is 0.316 e. The molecule has 0 spiro atoms. The molecule has 0 unspecified atom stereocenters. The first kappa shape index (κ1) is 13.8. The van der Waals surface area contributed by atoms with Gasteiger partial charge >= 0.3 is 5.97 Å². The first-order valence-electron chi connectivity index (χ1n) is 5.17. The second kappa shape index (κ2) is 5.40. The van der Waals surface area contributed by atoms with E-state index in [9.17, 15) is 9.18 Å². The van der Waals surface area contributed by atoms with Crippen LogP contribution in [0.15, 0.2) is 23.1 Å². The van der Waals surface area contributed by atoms with E-state index in [2.05, 4.69) is 0 Å². The molecular formula is C12H16FNO2S. The third-order valence-electron chi connectivity index (χ3n) is 1.74. The monoisotopic (exact) mass is 257 g/mol. The van der Waals surface area contributed by atoms with Crippen molar-refractivity contribution in [2.24, 2.45) is 0 Å². The van der Waals surface area contributed by atoms with Crippen LogP contribution >= 0.6 is 11.8 Å². The van der Waals surface area contributed by atoms with Crippen LogP contribution in [0.2, 0.25) is 0 Å². The Bertz CT molecular complexity index is 415. The Hall–Kier alpha value is -1.23. The fourth-order valence-electron chi connectivity index (χ4n) is 1.16. The van der Waals surface area contributed by atoms with E-state index in [1.165, 1.54) is 23.9 Å². The molecule has 2 N–H and O–H groups in total. The molecule has 0 aliphatic heterocycles. The molecule has 0 fully saturated rings. The second-order valence-electron chi connectivity index (χ2n) is 4.56. The van der Waals surface area contributed by atoms with Crippen molar-refractivity contribution in [1.82, 2.24) is 0 Å². The third-order valence-corrected chi connectivity index (χ3v) is 2.80. The Balaban J connectivity index is 2.53. The van der Waals surface area contributed by atoms with Gasteiger partial charge in [0.05, 0.1) is 5.75 Å². The number of nitrogens with two attached hydrogens (primary N) is 1. The van der Waals surface area contributed by atoms with Crippen LogP contribution in [0.3, 0.4) is 0 Å². The molecule has 1 rings (SSSR count). The van der Waals surface area contributed by atoms with Crippen LogP contribution in [0.4, 0.5) is 10.1 Å². The normalized spacial score (nSPS) is 11.3. The fourth-order valence-corrected chi connectivity index (χ4v) is 1.88. The van der Waals surface area contributed by atoms with E-state index in [0.717, 1.165) is 0 Å². The lowest BCUT2D eigenvalue weighted by Crippen LogP contribution is -2.24. The molecule has 0 amide bonds. The van der Waals surface area contributed by atoms with Gasteiger partial charge in [-0.05, 0) is 39.0 Å². The van der Waals surface area contributed by atoms with Crippen molar-refractivity contribution in [3.8, 4) is 0 Å². The molecule has 0 aliphatic rings. The zero-order valence-corrected chi connectivity index (χ0v) is 10.9. The Morgan fingerprint density at radius 1 is 1.47 bits per heavy atom. The zero-order valence-electron chi connectivity index (χ0n) is 10.1.